The highest BCUT2D eigenvalue weighted by Crippen LogP contribution is 2.38. The van der Waals surface area contributed by atoms with Crippen LogP contribution in [0.4, 0.5) is 0 Å². The van der Waals surface area contributed by atoms with Crippen molar-refractivity contribution in [2.45, 2.75) is 0 Å². The third kappa shape index (κ3) is 4.60. The van der Waals surface area contributed by atoms with Gasteiger partial charge in [-0.05, 0) is 58.8 Å². The van der Waals surface area contributed by atoms with Crippen LogP contribution in [0.15, 0.2) is 54.6 Å². The molecule has 0 aliphatic heterocycles. The summed E-state index contributed by atoms with van der Waals surface area (Å²) >= 11 is 0. The maximum Gasteiger partial charge on any atom is 0.336 e. The number of hydrogen-bond donors (Lipinski definition) is 0. The Labute approximate surface area is 169 Å². The van der Waals surface area contributed by atoms with Gasteiger partial charge in [0.2, 0.25) is 5.75 Å². The number of ether oxygens (including phenoxy) is 5. The Kier molecular flexibility index (Phi) is 6.24. The summed E-state index contributed by atoms with van der Waals surface area (Å²) in [6.45, 7) is 0. The van der Waals surface area contributed by atoms with Crippen molar-refractivity contribution in [2.24, 2.45) is 0 Å². The SMILES string of the molecule is COc1ccc2ccc(OC(=O)/C=C/c3cc(OC)c(OC)c(OC)c3)cc2c1. The van der Waals surface area contributed by atoms with Crippen molar-refractivity contribution in [3.8, 4) is 28.7 Å². The summed E-state index contributed by atoms with van der Waals surface area (Å²) in [6, 6.07) is 14.6. The van der Waals surface area contributed by atoms with Gasteiger partial charge < -0.3 is 23.7 Å². The van der Waals surface area contributed by atoms with E-state index >= 15 is 0 Å². The number of hydrogen-bond acceptors (Lipinski definition) is 6. The summed E-state index contributed by atoms with van der Waals surface area (Å²) in [5.41, 5.74) is 0.708. The number of carbonyl (C=O) groups is 1. The first-order valence-electron chi connectivity index (χ1n) is 8.85. The summed E-state index contributed by atoms with van der Waals surface area (Å²) < 4.78 is 26.6. The first-order chi connectivity index (χ1) is 14.1. The summed E-state index contributed by atoms with van der Waals surface area (Å²) in [6.07, 6.45) is 2.97. The quantitative estimate of drug-likeness (QED) is 0.334. The third-order valence-electron chi connectivity index (χ3n) is 4.34. The fourth-order valence-corrected chi connectivity index (χ4v) is 2.91. The van der Waals surface area contributed by atoms with Crippen molar-refractivity contribution in [3.05, 3.63) is 60.2 Å². The molecule has 0 atom stereocenters. The van der Waals surface area contributed by atoms with Crippen LogP contribution in [0.3, 0.4) is 0 Å². The van der Waals surface area contributed by atoms with E-state index in [-0.39, 0.29) is 0 Å². The van der Waals surface area contributed by atoms with E-state index in [1.165, 1.54) is 27.4 Å². The predicted octanol–water partition coefficient (Wildman–Crippen LogP) is 4.49. The van der Waals surface area contributed by atoms with Crippen LogP contribution in [0.1, 0.15) is 5.56 Å². The van der Waals surface area contributed by atoms with Crippen molar-refractivity contribution in [1.29, 1.82) is 0 Å². The van der Waals surface area contributed by atoms with Crippen LogP contribution >= 0.6 is 0 Å². The highest BCUT2D eigenvalue weighted by atomic mass is 16.5. The molecule has 0 spiro atoms. The summed E-state index contributed by atoms with van der Waals surface area (Å²) in [7, 11) is 6.22. The van der Waals surface area contributed by atoms with Gasteiger partial charge >= 0.3 is 5.97 Å². The van der Waals surface area contributed by atoms with Gasteiger partial charge in [-0.25, -0.2) is 4.79 Å². The molecular formula is C23H22O6. The Balaban J connectivity index is 1.78. The lowest BCUT2D eigenvalue weighted by atomic mass is 10.1. The van der Waals surface area contributed by atoms with Crippen LogP contribution in [0, 0.1) is 0 Å². The lowest BCUT2D eigenvalue weighted by Gasteiger charge is -2.12. The summed E-state index contributed by atoms with van der Waals surface area (Å²) in [5, 5.41) is 1.95. The zero-order valence-corrected chi connectivity index (χ0v) is 16.7. The topological polar surface area (TPSA) is 63.2 Å². The summed E-state index contributed by atoms with van der Waals surface area (Å²) in [4.78, 5) is 12.3. The minimum absolute atomic E-state index is 0.449. The molecule has 0 fully saturated rings. The third-order valence-corrected chi connectivity index (χ3v) is 4.34. The summed E-state index contributed by atoms with van der Waals surface area (Å²) in [5.74, 6) is 2.18. The smallest absolute Gasteiger partial charge is 0.336 e. The van der Waals surface area contributed by atoms with Gasteiger partial charge in [-0.1, -0.05) is 12.1 Å². The van der Waals surface area contributed by atoms with Crippen molar-refractivity contribution in [1.82, 2.24) is 0 Å². The molecule has 0 N–H and O–H groups in total. The van der Waals surface area contributed by atoms with E-state index in [9.17, 15) is 4.79 Å². The van der Waals surface area contributed by atoms with E-state index < -0.39 is 5.97 Å². The van der Waals surface area contributed by atoms with Crippen LogP contribution in [-0.4, -0.2) is 34.4 Å². The number of carbonyl (C=O) groups excluding carboxylic acids is 1. The number of methoxy groups -OCH3 is 4. The normalized spacial score (nSPS) is 10.8. The van der Waals surface area contributed by atoms with Gasteiger partial charge in [0, 0.05) is 6.08 Å². The second kappa shape index (κ2) is 9.01. The number of benzene rings is 3. The lowest BCUT2D eigenvalue weighted by molar-refractivity contribution is -0.128. The highest BCUT2D eigenvalue weighted by Gasteiger charge is 2.12. The second-order valence-corrected chi connectivity index (χ2v) is 6.09. The lowest BCUT2D eigenvalue weighted by Crippen LogP contribution is -2.03. The molecule has 150 valence electrons. The van der Waals surface area contributed by atoms with Gasteiger partial charge in [0.05, 0.1) is 28.4 Å². The molecule has 6 nitrogen and oxygen atoms in total. The van der Waals surface area contributed by atoms with Crippen molar-refractivity contribution in [3.63, 3.8) is 0 Å². The van der Waals surface area contributed by atoms with Crippen LogP contribution in [0.2, 0.25) is 0 Å². The molecule has 0 aliphatic rings. The van der Waals surface area contributed by atoms with Gasteiger partial charge in [-0.2, -0.15) is 0 Å². The molecule has 0 aromatic heterocycles. The number of fused-ring (bicyclic) bond motifs is 1. The molecule has 3 rings (SSSR count). The van der Waals surface area contributed by atoms with Gasteiger partial charge in [0.25, 0.3) is 0 Å². The molecule has 0 radical (unpaired) electrons. The second-order valence-electron chi connectivity index (χ2n) is 6.09. The van der Waals surface area contributed by atoms with Crippen LogP contribution in [0.5, 0.6) is 28.7 Å². The molecule has 6 heteroatoms. The standard InChI is InChI=1S/C23H22O6/c1-25-18-8-6-16-7-9-19(14-17(16)13-18)29-22(24)10-5-15-11-20(26-2)23(28-4)21(12-15)27-3/h5-14H,1-4H3/b10-5+. The minimum Gasteiger partial charge on any atom is -0.497 e. The average Bonchev–Trinajstić information content (AvgIpc) is 2.76. The zero-order valence-electron chi connectivity index (χ0n) is 16.7. The van der Waals surface area contributed by atoms with Crippen LogP contribution < -0.4 is 23.7 Å². The fourth-order valence-electron chi connectivity index (χ4n) is 2.91. The van der Waals surface area contributed by atoms with E-state index in [2.05, 4.69) is 0 Å². The zero-order chi connectivity index (χ0) is 20.8. The Hall–Kier alpha value is -3.67. The molecule has 3 aromatic rings. The van der Waals surface area contributed by atoms with Gasteiger partial charge in [0.1, 0.15) is 11.5 Å². The minimum atomic E-state index is -0.499. The fraction of sp³-hybridized carbons (Fsp3) is 0.174. The van der Waals surface area contributed by atoms with Crippen LogP contribution in [0.25, 0.3) is 16.8 Å². The van der Waals surface area contributed by atoms with Gasteiger partial charge in [-0.3, -0.25) is 0 Å². The predicted molar refractivity (Wildman–Crippen MR) is 111 cm³/mol. The first-order valence-corrected chi connectivity index (χ1v) is 8.85. The molecule has 0 bridgehead atoms. The molecular weight excluding hydrogens is 372 g/mol. The van der Waals surface area contributed by atoms with Crippen molar-refractivity contribution >= 4 is 22.8 Å². The van der Waals surface area contributed by atoms with Crippen LogP contribution in [-0.2, 0) is 4.79 Å². The molecule has 0 saturated carbocycles. The average molecular weight is 394 g/mol. The molecule has 0 aliphatic carbocycles. The number of rotatable bonds is 7. The maximum atomic E-state index is 12.3. The molecule has 0 unspecified atom stereocenters. The van der Waals surface area contributed by atoms with Gasteiger partial charge in [-0.15, -0.1) is 0 Å². The van der Waals surface area contributed by atoms with Crippen molar-refractivity contribution < 1.29 is 28.5 Å². The molecule has 3 aromatic carbocycles. The first kappa shape index (κ1) is 20.1. The molecule has 0 heterocycles. The highest BCUT2D eigenvalue weighted by molar-refractivity contribution is 5.90. The van der Waals surface area contributed by atoms with Gasteiger partial charge in [0.15, 0.2) is 11.5 Å². The Morgan fingerprint density at radius 3 is 1.93 bits per heavy atom. The largest absolute Gasteiger partial charge is 0.497 e. The van der Waals surface area contributed by atoms with E-state index in [4.69, 9.17) is 23.7 Å². The molecule has 29 heavy (non-hydrogen) atoms. The molecule has 0 amide bonds. The Bertz CT molecular complexity index is 1030. The van der Waals surface area contributed by atoms with E-state index in [0.29, 0.717) is 28.6 Å². The monoisotopic (exact) mass is 394 g/mol. The van der Waals surface area contributed by atoms with Crippen molar-refractivity contribution in [2.75, 3.05) is 28.4 Å². The Morgan fingerprint density at radius 2 is 1.34 bits per heavy atom. The number of esters is 1. The maximum absolute atomic E-state index is 12.3. The Morgan fingerprint density at radius 1 is 0.724 bits per heavy atom. The van der Waals surface area contributed by atoms with E-state index in [1.807, 2.05) is 24.3 Å². The van der Waals surface area contributed by atoms with E-state index in [1.54, 1.807) is 37.5 Å². The van der Waals surface area contributed by atoms with E-state index in [0.717, 1.165) is 16.5 Å². The molecule has 0 saturated heterocycles.